The molecule has 1 aliphatic rings. The molecule has 3 heteroatoms. The molecule has 0 amide bonds. The zero-order chi connectivity index (χ0) is 13.8. The smallest absolute Gasteiger partial charge is 0.0596 e. The summed E-state index contributed by atoms with van der Waals surface area (Å²) in [5, 5.41) is 2.21. The molecule has 2 N–H and O–H groups in total. The van der Waals surface area contributed by atoms with Crippen LogP contribution in [0, 0.1) is 12.8 Å². The van der Waals surface area contributed by atoms with Crippen LogP contribution in [0.25, 0.3) is 0 Å². The Morgan fingerprint density at radius 3 is 2.84 bits per heavy atom. The normalized spacial score (nSPS) is 24.9. The highest BCUT2D eigenvalue weighted by Crippen LogP contribution is 2.33. The van der Waals surface area contributed by atoms with Gasteiger partial charge in [-0.15, -0.1) is 11.3 Å². The van der Waals surface area contributed by atoms with E-state index in [9.17, 15) is 0 Å². The van der Waals surface area contributed by atoms with Gasteiger partial charge in [0.2, 0.25) is 0 Å². The molecule has 3 atom stereocenters. The highest BCUT2D eigenvalue weighted by atomic mass is 32.1. The first kappa shape index (κ1) is 15.0. The maximum Gasteiger partial charge on any atom is 0.0596 e. The standard InChI is InChI=1S/C16H28N2S/c1-4-14(17)15(16-13(3)8-11-19-16)18-9-5-6-12(2)7-10-18/h8,11-12,14-15H,4-7,9-10,17H2,1-3H3. The van der Waals surface area contributed by atoms with Crippen molar-refractivity contribution in [3.05, 3.63) is 21.9 Å². The molecule has 2 nitrogen and oxygen atoms in total. The Hall–Kier alpha value is -0.380. The predicted octanol–water partition coefficient (Wildman–Crippen LogP) is 3.96. The maximum absolute atomic E-state index is 6.46. The minimum absolute atomic E-state index is 0.255. The van der Waals surface area contributed by atoms with Crippen LogP contribution in [-0.4, -0.2) is 24.0 Å². The molecule has 1 fully saturated rings. The van der Waals surface area contributed by atoms with Gasteiger partial charge in [0.15, 0.2) is 0 Å². The first-order valence-corrected chi connectivity index (χ1v) is 8.55. The molecule has 0 aliphatic carbocycles. The lowest BCUT2D eigenvalue weighted by atomic mass is 10.00. The van der Waals surface area contributed by atoms with Crippen LogP contribution >= 0.6 is 11.3 Å². The van der Waals surface area contributed by atoms with E-state index >= 15 is 0 Å². The highest BCUT2D eigenvalue weighted by molar-refractivity contribution is 7.10. The van der Waals surface area contributed by atoms with Crippen molar-refractivity contribution in [1.82, 2.24) is 4.90 Å². The van der Waals surface area contributed by atoms with Crippen molar-refractivity contribution in [2.75, 3.05) is 13.1 Å². The van der Waals surface area contributed by atoms with Gasteiger partial charge in [-0.2, -0.15) is 0 Å². The van der Waals surface area contributed by atoms with Crippen LogP contribution in [0.1, 0.15) is 56.0 Å². The second-order valence-corrected chi connectivity index (χ2v) is 7.00. The molecule has 3 unspecified atom stereocenters. The van der Waals surface area contributed by atoms with Gasteiger partial charge in [0.25, 0.3) is 0 Å². The minimum atomic E-state index is 0.255. The van der Waals surface area contributed by atoms with Crippen LogP contribution in [0.5, 0.6) is 0 Å². The number of nitrogens with zero attached hydrogens (tertiary/aromatic N) is 1. The fourth-order valence-electron chi connectivity index (χ4n) is 3.11. The third-order valence-electron chi connectivity index (χ3n) is 4.49. The van der Waals surface area contributed by atoms with Crippen LogP contribution in [-0.2, 0) is 0 Å². The van der Waals surface area contributed by atoms with Crippen LogP contribution in [0.4, 0.5) is 0 Å². The zero-order valence-corrected chi connectivity index (χ0v) is 13.4. The van der Waals surface area contributed by atoms with E-state index in [2.05, 4.69) is 37.1 Å². The fourth-order valence-corrected chi connectivity index (χ4v) is 4.24. The van der Waals surface area contributed by atoms with Crippen molar-refractivity contribution in [1.29, 1.82) is 0 Å². The van der Waals surface area contributed by atoms with E-state index in [1.165, 1.54) is 42.8 Å². The van der Waals surface area contributed by atoms with Crippen molar-refractivity contribution in [3.8, 4) is 0 Å². The number of thiophene rings is 1. The van der Waals surface area contributed by atoms with Gasteiger partial charge < -0.3 is 5.73 Å². The Morgan fingerprint density at radius 2 is 2.21 bits per heavy atom. The predicted molar refractivity (Wildman–Crippen MR) is 84.7 cm³/mol. The van der Waals surface area contributed by atoms with E-state index in [0.29, 0.717) is 6.04 Å². The summed E-state index contributed by atoms with van der Waals surface area (Å²) >= 11 is 1.88. The molecule has 0 bridgehead atoms. The second kappa shape index (κ2) is 6.87. The molecular weight excluding hydrogens is 252 g/mol. The van der Waals surface area contributed by atoms with Crippen LogP contribution in [0.15, 0.2) is 11.4 Å². The van der Waals surface area contributed by atoms with E-state index < -0.39 is 0 Å². The number of nitrogens with two attached hydrogens (primary N) is 1. The summed E-state index contributed by atoms with van der Waals surface area (Å²) in [6.45, 7) is 9.23. The quantitative estimate of drug-likeness (QED) is 0.904. The number of rotatable bonds is 4. The monoisotopic (exact) mass is 280 g/mol. The average molecular weight is 280 g/mol. The van der Waals surface area contributed by atoms with Gasteiger partial charge in [-0.05, 0) is 68.6 Å². The highest BCUT2D eigenvalue weighted by Gasteiger charge is 2.29. The number of likely N-dealkylation sites (tertiary alicyclic amines) is 1. The Labute approximate surface area is 122 Å². The van der Waals surface area contributed by atoms with E-state index in [1.54, 1.807) is 0 Å². The third kappa shape index (κ3) is 3.59. The molecule has 1 aliphatic heterocycles. The Kier molecular flexibility index (Phi) is 5.43. The summed E-state index contributed by atoms with van der Waals surface area (Å²) < 4.78 is 0. The van der Waals surface area contributed by atoms with Crippen molar-refractivity contribution < 1.29 is 0 Å². The number of hydrogen-bond donors (Lipinski definition) is 1. The van der Waals surface area contributed by atoms with Gasteiger partial charge in [0.05, 0.1) is 6.04 Å². The largest absolute Gasteiger partial charge is 0.326 e. The SMILES string of the molecule is CCC(N)C(c1sccc1C)N1CCCC(C)CC1. The van der Waals surface area contributed by atoms with Crippen LogP contribution in [0.2, 0.25) is 0 Å². The van der Waals surface area contributed by atoms with Gasteiger partial charge >= 0.3 is 0 Å². The summed E-state index contributed by atoms with van der Waals surface area (Å²) in [7, 11) is 0. The van der Waals surface area contributed by atoms with Gasteiger partial charge in [0.1, 0.15) is 0 Å². The summed E-state index contributed by atoms with van der Waals surface area (Å²) in [5.41, 5.74) is 7.87. The summed E-state index contributed by atoms with van der Waals surface area (Å²) in [6, 6.07) is 2.91. The van der Waals surface area contributed by atoms with Crippen molar-refractivity contribution >= 4 is 11.3 Å². The number of hydrogen-bond acceptors (Lipinski definition) is 3. The third-order valence-corrected chi connectivity index (χ3v) is 5.58. The Balaban J connectivity index is 2.20. The summed E-state index contributed by atoms with van der Waals surface area (Å²) in [5.74, 6) is 0.868. The molecule has 1 aromatic rings. The molecule has 2 rings (SSSR count). The lowest BCUT2D eigenvalue weighted by Gasteiger charge is -2.34. The molecule has 0 saturated carbocycles. The van der Waals surface area contributed by atoms with Crippen molar-refractivity contribution in [2.45, 2.75) is 58.5 Å². The molecule has 108 valence electrons. The molecule has 0 spiro atoms. The molecule has 1 saturated heterocycles. The van der Waals surface area contributed by atoms with Gasteiger partial charge in [0, 0.05) is 10.9 Å². The molecule has 2 heterocycles. The number of aryl methyl sites for hydroxylation is 1. The molecular formula is C16H28N2S. The van der Waals surface area contributed by atoms with E-state index in [4.69, 9.17) is 5.73 Å². The zero-order valence-electron chi connectivity index (χ0n) is 12.6. The average Bonchev–Trinajstić information content (AvgIpc) is 2.69. The first-order valence-electron chi connectivity index (χ1n) is 7.67. The molecule has 19 heavy (non-hydrogen) atoms. The van der Waals surface area contributed by atoms with Crippen molar-refractivity contribution in [2.24, 2.45) is 11.7 Å². The van der Waals surface area contributed by atoms with Gasteiger partial charge in [-0.1, -0.05) is 13.8 Å². The Bertz CT molecular complexity index is 388. The van der Waals surface area contributed by atoms with E-state index in [-0.39, 0.29) is 6.04 Å². The topological polar surface area (TPSA) is 29.3 Å². The van der Waals surface area contributed by atoms with E-state index in [1.807, 2.05) is 11.3 Å². The van der Waals surface area contributed by atoms with Gasteiger partial charge in [-0.3, -0.25) is 4.90 Å². The Morgan fingerprint density at radius 1 is 1.42 bits per heavy atom. The maximum atomic E-state index is 6.46. The van der Waals surface area contributed by atoms with Gasteiger partial charge in [-0.25, -0.2) is 0 Å². The first-order chi connectivity index (χ1) is 9.13. The minimum Gasteiger partial charge on any atom is -0.326 e. The summed E-state index contributed by atoms with van der Waals surface area (Å²) in [6.07, 6.45) is 5.05. The fraction of sp³-hybridized carbons (Fsp3) is 0.750. The van der Waals surface area contributed by atoms with Crippen molar-refractivity contribution in [3.63, 3.8) is 0 Å². The summed E-state index contributed by atoms with van der Waals surface area (Å²) in [4.78, 5) is 4.14. The molecule has 0 radical (unpaired) electrons. The second-order valence-electron chi connectivity index (χ2n) is 6.06. The molecule has 0 aromatic carbocycles. The van der Waals surface area contributed by atoms with Crippen LogP contribution in [0.3, 0.4) is 0 Å². The molecule has 1 aromatic heterocycles. The lowest BCUT2D eigenvalue weighted by Crippen LogP contribution is -2.41. The van der Waals surface area contributed by atoms with Crippen LogP contribution < -0.4 is 5.73 Å². The van der Waals surface area contributed by atoms with E-state index in [0.717, 1.165) is 12.3 Å². The lowest BCUT2D eigenvalue weighted by molar-refractivity contribution is 0.176.